The highest BCUT2D eigenvalue weighted by Gasteiger charge is 2.25. The summed E-state index contributed by atoms with van der Waals surface area (Å²) in [6.07, 6.45) is 1.94. The van der Waals surface area contributed by atoms with E-state index in [1.165, 1.54) is 18.2 Å². The molecule has 2 aliphatic heterocycles. The molecule has 168 valence electrons. The number of amides is 1. The van der Waals surface area contributed by atoms with E-state index < -0.39 is 15.8 Å². The zero-order valence-corrected chi connectivity index (χ0v) is 17.4. The minimum atomic E-state index is -0.575. The molecule has 2 saturated heterocycles. The largest absolute Gasteiger partial charge is 0.378 e. The summed E-state index contributed by atoms with van der Waals surface area (Å²) in [5, 5.41) is 25.8. The number of morpholine rings is 1. The molecule has 4 rings (SSSR count). The number of rotatable bonds is 6. The summed E-state index contributed by atoms with van der Waals surface area (Å²) in [6, 6.07) is 8.85. The van der Waals surface area contributed by atoms with Gasteiger partial charge in [0.15, 0.2) is 0 Å². The van der Waals surface area contributed by atoms with Crippen molar-refractivity contribution in [3.05, 3.63) is 62.2 Å². The quantitative estimate of drug-likeness (QED) is 0.534. The van der Waals surface area contributed by atoms with Crippen molar-refractivity contribution in [2.24, 2.45) is 0 Å². The number of carbonyl (C=O) groups is 1. The van der Waals surface area contributed by atoms with Crippen molar-refractivity contribution in [1.82, 2.24) is 0 Å². The fraction of sp³-hybridized carbons (Fsp3) is 0.381. The van der Waals surface area contributed by atoms with E-state index in [9.17, 15) is 25.0 Å². The Morgan fingerprint density at radius 2 is 1.41 bits per heavy atom. The van der Waals surface area contributed by atoms with Crippen LogP contribution in [-0.4, -0.2) is 55.1 Å². The Kier molecular flexibility index (Phi) is 6.17. The van der Waals surface area contributed by atoms with Crippen LogP contribution in [0.25, 0.3) is 0 Å². The van der Waals surface area contributed by atoms with Gasteiger partial charge in [0.05, 0.1) is 23.1 Å². The molecule has 2 aliphatic rings. The molecule has 2 aromatic rings. The number of benzene rings is 2. The molecular formula is C21H23N5O6. The fourth-order valence-electron chi connectivity index (χ4n) is 4.06. The summed E-state index contributed by atoms with van der Waals surface area (Å²) < 4.78 is 5.29. The number of anilines is 3. The van der Waals surface area contributed by atoms with Crippen molar-refractivity contribution in [2.75, 3.05) is 54.5 Å². The monoisotopic (exact) mass is 441 g/mol. The number of hydrogen-bond donors (Lipinski definition) is 1. The number of hydrogen-bond acceptors (Lipinski definition) is 8. The van der Waals surface area contributed by atoms with Gasteiger partial charge in [-0.3, -0.25) is 25.0 Å². The van der Waals surface area contributed by atoms with Gasteiger partial charge in [-0.05, 0) is 37.1 Å². The van der Waals surface area contributed by atoms with E-state index in [0.29, 0.717) is 37.7 Å². The molecule has 2 aromatic carbocycles. The maximum atomic E-state index is 12.7. The first kappa shape index (κ1) is 21.5. The Bertz CT molecular complexity index is 1050. The number of carbonyl (C=O) groups excluding carboxylic acids is 1. The topological polar surface area (TPSA) is 131 Å². The normalized spacial score (nSPS) is 16.1. The van der Waals surface area contributed by atoms with Crippen LogP contribution in [0, 0.1) is 20.2 Å². The third-order valence-corrected chi connectivity index (χ3v) is 5.66. The lowest BCUT2D eigenvalue weighted by atomic mass is 10.1. The minimum absolute atomic E-state index is 0.111. The smallest absolute Gasteiger partial charge is 0.294 e. The highest BCUT2D eigenvalue weighted by atomic mass is 16.6. The SMILES string of the molecule is O=C(Nc1ccc(N2CCOCC2)c([N+](=O)[O-])c1)c1ccc(N2CCCC2)c([N+](=O)[O-])c1. The Morgan fingerprint density at radius 3 is 2.03 bits per heavy atom. The second kappa shape index (κ2) is 9.18. The van der Waals surface area contributed by atoms with E-state index in [1.54, 1.807) is 18.2 Å². The molecule has 0 bridgehead atoms. The van der Waals surface area contributed by atoms with Gasteiger partial charge in [0.1, 0.15) is 11.4 Å². The van der Waals surface area contributed by atoms with Gasteiger partial charge >= 0.3 is 0 Å². The second-order valence-electron chi connectivity index (χ2n) is 7.67. The molecule has 2 heterocycles. The third kappa shape index (κ3) is 4.47. The van der Waals surface area contributed by atoms with Gasteiger partial charge in [-0.2, -0.15) is 0 Å². The molecule has 11 heteroatoms. The van der Waals surface area contributed by atoms with Crippen LogP contribution in [-0.2, 0) is 4.74 Å². The van der Waals surface area contributed by atoms with E-state index in [0.717, 1.165) is 25.9 Å². The van der Waals surface area contributed by atoms with Crippen molar-refractivity contribution in [3.8, 4) is 0 Å². The van der Waals surface area contributed by atoms with Crippen LogP contribution in [0.5, 0.6) is 0 Å². The van der Waals surface area contributed by atoms with E-state index in [-0.39, 0.29) is 22.6 Å². The van der Waals surface area contributed by atoms with Crippen molar-refractivity contribution in [3.63, 3.8) is 0 Å². The molecule has 0 radical (unpaired) electrons. The van der Waals surface area contributed by atoms with Crippen LogP contribution in [0.15, 0.2) is 36.4 Å². The number of nitrogens with one attached hydrogen (secondary N) is 1. The lowest BCUT2D eigenvalue weighted by Crippen LogP contribution is -2.36. The maximum absolute atomic E-state index is 12.7. The predicted octanol–water partition coefficient (Wildman–Crippen LogP) is 3.19. The maximum Gasteiger partial charge on any atom is 0.294 e. The van der Waals surface area contributed by atoms with Gasteiger partial charge in [-0.1, -0.05) is 0 Å². The van der Waals surface area contributed by atoms with Crippen LogP contribution in [0.4, 0.5) is 28.4 Å². The molecule has 0 aromatic heterocycles. The average molecular weight is 441 g/mol. The van der Waals surface area contributed by atoms with Crippen LogP contribution < -0.4 is 15.1 Å². The molecule has 32 heavy (non-hydrogen) atoms. The lowest BCUT2D eigenvalue weighted by molar-refractivity contribution is -0.384. The van der Waals surface area contributed by atoms with Gasteiger partial charge < -0.3 is 19.9 Å². The lowest BCUT2D eigenvalue weighted by Gasteiger charge is -2.28. The second-order valence-corrected chi connectivity index (χ2v) is 7.67. The highest BCUT2D eigenvalue weighted by molar-refractivity contribution is 6.05. The Hall–Kier alpha value is -3.73. The van der Waals surface area contributed by atoms with Gasteiger partial charge in [-0.25, -0.2) is 0 Å². The third-order valence-electron chi connectivity index (χ3n) is 5.66. The van der Waals surface area contributed by atoms with Gasteiger partial charge in [0, 0.05) is 49.6 Å². The predicted molar refractivity (Wildman–Crippen MR) is 119 cm³/mol. The van der Waals surface area contributed by atoms with Crippen molar-refractivity contribution in [1.29, 1.82) is 0 Å². The van der Waals surface area contributed by atoms with E-state index in [4.69, 9.17) is 4.74 Å². The molecule has 0 aliphatic carbocycles. The van der Waals surface area contributed by atoms with E-state index in [1.807, 2.05) is 9.80 Å². The molecule has 1 amide bonds. The Labute approximate surface area is 183 Å². The fourth-order valence-corrected chi connectivity index (χ4v) is 4.06. The zero-order valence-electron chi connectivity index (χ0n) is 17.4. The summed E-state index contributed by atoms with van der Waals surface area (Å²) >= 11 is 0. The molecule has 1 N–H and O–H groups in total. The highest BCUT2D eigenvalue weighted by Crippen LogP contribution is 2.33. The summed E-state index contributed by atoms with van der Waals surface area (Å²) in [4.78, 5) is 38.8. The zero-order chi connectivity index (χ0) is 22.7. The van der Waals surface area contributed by atoms with Crippen LogP contribution >= 0.6 is 0 Å². The molecule has 0 spiro atoms. The van der Waals surface area contributed by atoms with Crippen LogP contribution in [0.2, 0.25) is 0 Å². The van der Waals surface area contributed by atoms with E-state index in [2.05, 4.69) is 5.32 Å². The van der Waals surface area contributed by atoms with Gasteiger partial charge in [-0.15, -0.1) is 0 Å². The van der Waals surface area contributed by atoms with E-state index >= 15 is 0 Å². The summed E-state index contributed by atoms with van der Waals surface area (Å²) in [5.41, 5.74) is 1.05. The number of ether oxygens (including phenoxy) is 1. The summed E-state index contributed by atoms with van der Waals surface area (Å²) in [7, 11) is 0. The summed E-state index contributed by atoms with van der Waals surface area (Å²) in [6.45, 7) is 3.54. The van der Waals surface area contributed by atoms with Crippen LogP contribution in [0.3, 0.4) is 0 Å². The first-order valence-electron chi connectivity index (χ1n) is 10.4. The minimum Gasteiger partial charge on any atom is -0.378 e. The molecule has 11 nitrogen and oxygen atoms in total. The Balaban J connectivity index is 1.57. The van der Waals surface area contributed by atoms with Gasteiger partial charge in [0.2, 0.25) is 0 Å². The summed E-state index contributed by atoms with van der Waals surface area (Å²) in [5.74, 6) is -0.575. The van der Waals surface area contributed by atoms with Crippen molar-refractivity contribution >= 4 is 34.3 Å². The Morgan fingerprint density at radius 1 is 0.844 bits per heavy atom. The molecule has 0 atom stereocenters. The van der Waals surface area contributed by atoms with Crippen molar-refractivity contribution < 1.29 is 19.4 Å². The number of nitrogens with zero attached hydrogens (tertiary/aromatic N) is 4. The van der Waals surface area contributed by atoms with Gasteiger partial charge in [0.25, 0.3) is 17.3 Å². The molecule has 2 fully saturated rings. The standard InChI is InChI=1S/C21H23N5O6/c27-21(15-3-5-17(19(13-15)25(28)29)23-7-1-2-8-23)22-16-4-6-18(20(14-16)26(30)31)24-9-11-32-12-10-24/h3-6,13-14H,1-2,7-12H2,(H,22,27). The number of nitro groups is 2. The molecule has 0 unspecified atom stereocenters. The first-order valence-corrected chi connectivity index (χ1v) is 10.4. The molecule has 0 saturated carbocycles. The average Bonchev–Trinajstić information content (AvgIpc) is 3.34. The van der Waals surface area contributed by atoms with Crippen LogP contribution in [0.1, 0.15) is 23.2 Å². The first-order chi connectivity index (χ1) is 15.4. The van der Waals surface area contributed by atoms with Crippen molar-refractivity contribution in [2.45, 2.75) is 12.8 Å². The number of nitro benzene ring substituents is 2. The molecular weight excluding hydrogens is 418 g/mol.